The van der Waals surface area contributed by atoms with Gasteiger partial charge in [-0.3, -0.25) is 15.0 Å². The van der Waals surface area contributed by atoms with Crippen LogP contribution in [0.15, 0.2) is 36.4 Å². The third-order valence-corrected chi connectivity index (χ3v) is 4.76. The molecule has 2 aromatic rings. The highest BCUT2D eigenvalue weighted by molar-refractivity contribution is 5.95. The molecule has 0 saturated carbocycles. The summed E-state index contributed by atoms with van der Waals surface area (Å²) in [5, 5.41) is 10.9. The number of benzene rings is 2. The zero-order chi connectivity index (χ0) is 23.1. The van der Waals surface area contributed by atoms with Crippen LogP contribution in [0.4, 0.5) is 5.69 Å². The van der Waals surface area contributed by atoms with Gasteiger partial charge in [-0.1, -0.05) is 13.8 Å². The van der Waals surface area contributed by atoms with Crippen molar-refractivity contribution in [1.82, 2.24) is 0 Å². The Hall–Kier alpha value is -3.55. The molecule has 0 bridgehead atoms. The van der Waals surface area contributed by atoms with Gasteiger partial charge in [-0.2, -0.15) is 0 Å². The Kier molecular flexibility index (Phi) is 8.01. The lowest BCUT2D eigenvalue weighted by molar-refractivity contribution is -0.141. The standard InChI is InChI=1S/C23H30N4O4/c1-13(2)18-10-19(14(3)9-21(18)31-12-22(24)29)20(11-30-15(4)28)27-17-7-5-16(6-8-17)23(25)26/h5-10,13,20,27H,11-12H2,1-4H3,(H2,24,29)(H3,25,26). The van der Waals surface area contributed by atoms with Crippen molar-refractivity contribution in [3.05, 3.63) is 58.7 Å². The predicted molar refractivity (Wildman–Crippen MR) is 120 cm³/mol. The molecular formula is C23H30N4O4. The van der Waals surface area contributed by atoms with Crippen LogP contribution in [0.1, 0.15) is 55.0 Å². The predicted octanol–water partition coefficient (Wildman–Crippen LogP) is 2.98. The molecule has 0 aromatic heterocycles. The number of ether oxygens (including phenoxy) is 2. The first-order valence-electron chi connectivity index (χ1n) is 9.98. The van der Waals surface area contributed by atoms with Crippen molar-refractivity contribution >= 4 is 23.4 Å². The van der Waals surface area contributed by atoms with E-state index in [-0.39, 0.29) is 37.0 Å². The largest absolute Gasteiger partial charge is 0.483 e. The molecule has 0 spiro atoms. The van der Waals surface area contributed by atoms with Gasteiger partial charge >= 0.3 is 5.97 Å². The summed E-state index contributed by atoms with van der Waals surface area (Å²) in [5.74, 6) is -0.188. The van der Waals surface area contributed by atoms with Crippen molar-refractivity contribution < 1.29 is 19.1 Å². The Balaban J connectivity index is 2.41. The number of amides is 1. The maximum absolute atomic E-state index is 11.5. The Labute approximate surface area is 182 Å². The molecule has 31 heavy (non-hydrogen) atoms. The van der Waals surface area contributed by atoms with Gasteiger partial charge in [0.15, 0.2) is 6.61 Å². The number of nitrogen functional groups attached to an aromatic ring is 1. The second-order valence-corrected chi connectivity index (χ2v) is 7.65. The Morgan fingerprint density at radius 2 is 1.74 bits per heavy atom. The second kappa shape index (κ2) is 10.5. The van der Waals surface area contributed by atoms with E-state index in [0.29, 0.717) is 11.3 Å². The van der Waals surface area contributed by atoms with E-state index in [0.717, 1.165) is 22.4 Å². The minimum Gasteiger partial charge on any atom is -0.483 e. The number of hydrogen-bond acceptors (Lipinski definition) is 6. The van der Waals surface area contributed by atoms with Crippen LogP contribution in [0.3, 0.4) is 0 Å². The van der Waals surface area contributed by atoms with Gasteiger partial charge < -0.3 is 26.3 Å². The summed E-state index contributed by atoms with van der Waals surface area (Å²) in [6.45, 7) is 7.28. The molecule has 2 aromatic carbocycles. The Morgan fingerprint density at radius 3 is 2.26 bits per heavy atom. The van der Waals surface area contributed by atoms with Gasteiger partial charge in [-0.05, 0) is 65.9 Å². The molecular weight excluding hydrogens is 396 g/mol. The molecule has 0 heterocycles. The highest BCUT2D eigenvalue weighted by Gasteiger charge is 2.20. The van der Waals surface area contributed by atoms with Crippen molar-refractivity contribution in [2.45, 2.75) is 39.7 Å². The van der Waals surface area contributed by atoms with E-state index in [1.807, 2.05) is 45.0 Å². The highest BCUT2D eigenvalue weighted by Crippen LogP contribution is 2.33. The fraction of sp³-hybridized carbons (Fsp3) is 0.348. The Bertz CT molecular complexity index is 955. The van der Waals surface area contributed by atoms with E-state index < -0.39 is 5.91 Å². The van der Waals surface area contributed by atoms with Crippen molar-refractivity contribution in [1.29, 1.82) is 5.41 Å². The van der Waals surface area contributed by atoms with Crippen LogP contribution in [0.5, 0.6) is 5.75 Å². The smallest absolute Gasteiger partial charge is 0.302 e. The zero-order valence-electron chi connectivity index (χ0n) is 18.3. The average molecular weight is 427 g/mol. The number of nitrogens with two attached hydrogens (primary N) is 2. The number of amidine groups is 1. The SMILES string of the molecule is CC(=O)OCC(Nc1ccc(C(=N)N)cc1)c1cc(C(C)C)c(OCC(N)=O)cc1C. The van der Waals surface area contributed by atoms with Crippen LogP contribution >= 0.6 is 0 Å². The molecule has 0 fully saturated rings. The maximum Gasteiger partial charge on any atom is 0.302 e. The van der Waals surface area contributed by atoms with Gasteiger partial charge in [0.2, 0.25) is 0 Å². The van der Waals surface area contributed by atoms with Gasteiger partial charge in [0.1, 0.15) is 18.2 Å². The molecule has 1 amide bonds. The maximum atomic E-state index is 11.5. The summed E-state index contributed by atoms with van der Waals surface area (Å²) in [6, 6.07) is 10.7. The van der Waals surface area contributed by atoms with E-state index in [1.54, 1.807) is 12.1 Å². The topological polar surface area (TPSA) is 141 Å². The molecule has 166 valence electrons. The summed E-state index contributed by atoms with van der Waals surface area (Å²) in [4.78, 5) is 22.6. The third-order valence-electron chi connectivity index (χ3n) is 4.76. The number of anilines is 1. The van der Waals surface area contributed by atoms with Crippen LogP contribution < -0.4 is 21.5 Å². The lowest BCUT2D eigenvalue weighted by Crippen LogP contribution is -2.22. The number of rotatable bonds is 10. The minimum absolute atomic E-state index is 0.00742. The molecule has 0 aliphatic rings. The van der Waals surface area contributed by atoms with Crippen LogP contribution in [0.25, 0.3) is 0 Å². The Morgan fingerprint density at radius 1 is 1.10 bits per heavy atom. The molecule has 8 nitrogen and oxygen atoms in total. The molecule has 0 radical (unpaired) electrons. The molecule has 0 saturated heterocycles. The van der Waals surface area contributed by atoms with Gasteiger partial charge in [0.25, 0.3) is 5.91 Å². The molecule has 0 aliphatic heterocycles. The summed E-state index contributed by atoms with van der Waals surface area (Å²) in [5.41, 5.74) is 14.9. The third kappa shape index (κ3) is 6.74. The monoisotopic (exact) mass is 426 g/mol. The summed E-state index contributed by atoms with van der Waals surface area (Å²) in [7, 11) is 0. The number of aryl methyl sites for hydroxylation is 1. The average Bonchev–Trinajstić information content (AvgIpc) is 2.69. The first-order valence-corrected chi connectivity index (χ1v) is 9.98. The fourth-order valence-electron chi connectivity index (χ4n) is 3.17. The van der Waals surface area contributed by atoms with Crippen LogP contribution in [0.2, 0.25) is 0 Å². The quantitative estimate of drug-likeness (QED) is 0.261. The van der Waals surface area contributed by atoms with E-state index in [2.05, 4.69) is 5.32 Å². The zero-order valence-corrected chi connectivity index (χ0v) is 18.3. The lowest BCUT2D eigenvalue weighted by atomic mass is 9.93. The summed E-state index contributed by atoms with van der Waals surface area (Å²) < 4.78 is 10.9. The number of carbonyl (C=O) groups excluding carboxylic acids is 2. The van der Waals surface area contributed by atoms with Gasteiger partial charge in [0, 0.05) is 18.2 Å². The van der Waals surface area contributed by atoms with Crippen LogP contribution in [-0.4, -0.2) is 30.9 Å². The van der Waals surface area contributed by atoms with E-state index >= 15 is 0 Å². The number of nitrogens with one attached hydrogen (secondary N) is 2. The molecule has 6 N–H and O–H groups in total. The molecule has 1 unspecified atom stereocenters. The summed E-state index contributed by atoms with van der Waals surface area (Å²) in [6.07, 6.45) is 0. The van der Waals surface area contributed by atoms with Crippen molar-refractivity contribution in [2.24, 2.45) is 11.5 Å². The molecule has 8 heteroatoms. The molecule has 1 atom stereocenters. The first-order chi connectivity index (χ1) is 14.6. The van der Waals surface area contributed by atoms with Crippen molar-refractivity contribution in [3.63, 3.8) is 0 Å². The molecule has 0 aliphatic carbocycles. The van der Waals surface area contributed by atoms with E-state index in [4.69, 9.17) is 26.4 Å². The van der Waals surface area contributed by atoms with E-state index in [9.17, 15) is 9.59 Å². The number of primary amides is 1. The van der Waals surface area contributed by atoms with E-state index in [1.165, 1.54) is 6.92 Å². The van der Waals surface area contributed by atoms with Gasteiger partial charge in [0.05, 0.1) is 6.04 Å². The second-order valence-electron chi connectivity index (χ2n) is 7.65. The van der Waals surface area contributed by atoms with Crippen molar-refractivity contribution in [2.75, 3.05) is 18.5 Å². The van der Waals surface area contributed by atoms with Gasteiger partial charge in [-0.25, -0.2) is 0 Å². The fourth-order valence-corrected chi connectivity index (χ4v) is 3.17. The lowest BCUT2D eigenvalue weighted by Gasteiger charge is -2.25. The number of esters is 1. The normalized spacial score (nSPS) is 11.6. The van der Waals surface area contributed by atoms with Crippen LogP contribution in [0, 0.1) is 12.3 Å². The number of carbonyl (C=O) groups is 2. The van der Waals surface area contributed by atoms with Crippen LogP contribution in [-0.2, 0) is 14.3 Å². The van der Waals surface area contributed by atoms with Gasteiger partial charge in [-0.15, -0.1) is 0 Å². The highest BCUT2D eigenvalue weighted by atomic mass is 16.5. The van der Waals surface area contributed by atoms with Crippen molar-refractivity contribution in [3.8, 4) is 5.75 Å². The molecule has 2 rings (SSSR count). The minimum atomic E-state index is -0.542. The number of hydrogen-bond donors (Lipinski definition) is 4. The summed E-state index contributed by atoms with van der Waals surface area (Å²) >= 11 is 0. The first kappa shape index (κ1) is 23.7.